The Hall–Kier alpha value is -2.70. The molecule has 2 aromatic rings. The number of hydrogen-bond donors (Lipinski definition) is 4. The Labute approximate surface area is 151 Å². The van der Waals surface area contributed by atoms with Gasteiger partial charge in [-0.2, -0.15) is 0 Å². The first-order chi connectivity index (χ1) is 12.5. The standard InChI is InChI=1S/C20H22N2O4/c23-12-19(26)20-18(10-14-3-7-17(25)8-4-14)21-11-15(22-20)9-13-1-5-16(24)6-2-13/h1-8,12,15,18,20-22,24-25H,9-11H2. The van der Waals surface area contributed by atoms with Crippen molar-refractivity contribution in [2.45, 2.75) is 31.0 Å². The lowest BCUT2D eigenvalue weighted by Gasteiger charge is -2.37. The second-order valence-electron chi connectivity index (χ2n) is 6.62. The number of phenolic OH excluding ortho intramolecular Hbond substituents is 2. The summed E-state index contributed by atoms with van der Waals surface area (Å²) in [5.41, 5.74) is 2.01. The Morgan fingerprint density at radius 2 is 1.50 bits per heavy atom. The number of hydrogen-bond acceptors (Lipinski definition) is 6. The van der Waals surface area contributed by atoms with Gasteiger partial charge < -0.3 is 20.8 Å². The maximum atomic E-state index is 12.1. The van der Waals surface area contributed by atoms with Crippen molar-refractivity contribution in [3.8, 4) is 11.5 Å². The number of carbonyl (C=O) groups is 2. The van der Waals surface area contributed by atoms with E-state index in [4.69, 9.17) is 0 Å². The Morgan fingerprint density at radius 3 is 2.04 bits per heavy atom. The van der Waals surface area contributed by atoms with Crippen LogP contribution in [-0.4, -0.2) is 47.0 Å². The summed E-state index contributed by atoms with van der Waals surface area (Å²) in [7, 11) is 0. The van der Waals surface area contributed by atoms with E-state index in [0.717, 1.165) is 11.1 Å². The van der Waals surface area contributed by atoms with Crippen LogP contribution >= 0.6 is 0 Å². The molecule has 2 aromatic carbocycles. The summed E-state index contributed by atoms with van der Waals surface area (Å²) in [4.78, 5) is 23.2. The van der Waals surface area contributed by atoms with Gasteiger partial charge in [-0.3, -0.25) is 9.59 Å². The molecule has 0 spiro atoms. The summed E-state index contributed by atoms with van der Waals surface area (Å²) in [5, 5.41) is 25.4. The third kappa shape index (κ3) is 4.47. The van der Waals surface area contributed by atoms with E-state index >= 15 is 0 Å². The minimum absolute atomic E-state index is 0.00418. The molecule has 1 saturated heterocycles. The molecule has 0 aliphatic carbocycles. The highest BCUT2D eigenvalue weighted by Crippen LogP contribution is 2.17. The van der Waals surface area contributed by atoms with Crippen LogP contribution in [0.15, 0.2) is 48.5 Å². The SMILES string of the molecule is O=CC(=O)C1NC(Cc2ccc(O)cc2)CNC1Cc1ccc(O)cc1. The number of phenols is 2. The summed E-state index contributed by atoms with van der Waals surface area (Å²) in [6.45, 7) is 0.659. The lowest BCUT2D eigenvalue weighted by molar-refractivity contribution is -0.132. The molecule has 3 atom stereocenters. The van der Waals surface area contributed by atoms with Crippen LogP contribution in [0.4, 0.5) is 0 Å². The van der Waals surface area contributed by atoms with Crippen LogP contribution in [-0.2, 0) is 22.4 Å². The van der Waals surface area contributed by atoms with Crippen molar-refractivity contribution in [2.75, 3.05) is 6.54 Å². The second-order valence-corrected chi connectivity index (χ2v) is 6.62. The molecule has 0 amide bonds. The van der Waals surface area contributed by atoms with Crippen molar-refractivity contribution in [2.24, 2.45) is 0 Å². The molecule has 1 aliphatic heterocycles. The molecule has 0 saturated carbocycles. The predicted molar refractivity (Wildman–Crippen MR) is 97.2 cm³/mol. The van der Waals surface area contributed by atoms with Crippen molar-refractivity contribution in [3.05, 3.63) is 59.7 Å². The topological polar surface area (TPSA) is 98.7 Å². The summed E-state index contributed by atoms with van der Waals surface area (Å²) in [6, 6.07) is 13.0. The number of carbonyl (C=O) groups excluding carboxylic acids is 2. The number of Topliss-reactive ketones (excluding diaryl/α,β-unsaturated/α-hetero) is 1. The summed E-state index contributed by atoms with van der Waals surface area (Å²) in [6.07, 6.45) is 1.62. The highest BCUT2D eigenvalue weighted by molar-refractivity contribution is 6.27. The summed E-state index contributed by atoms with van der Waals surface area (Å²) < 4.78 is 0. The number of piperazine rings is 1. The van der Waals surface area contributed by atoms with E-state index in [-0.39, 0.29) is 23.6 Å². The number of ketones is 1. The molecule has 3 rings (SSSR count). The van der Waals surface area contributed by atoms with E-state index in [9.17, 15) is 19.8 Å². The molecule has 6 nitrogen and oxygen atoms in total. The highest BCUT2D eigenvalue weighted by atomic mass is 16.3. The molecule has 1 aliphatic rings. The summed E-state index contributed by atoms with van der Waals surface area (Å²) in [5.74, 6) is -0.0684. The quantitative estimate of drug-likeness (QED) is 0.455. The number of aromatic hydroxyl groups is 2. The third-order valence-electron chi connectivity index (χ3n) is 4.68. The zero-order valence-electron chi connectivity index (χ0n) is 14.3. The van der Waals surface area contributed by atoms with E-state index in [2.05, 4.69) is 10.6 Å². The molecular formula is C20H22N2O4. The molecule has 3 unspecified atom stereocenters. The van der Waals surface area contributed by atoms with Gasteiger partial charge in [0.25, 0.3) is 0 Å². The molecule has 1 fully saturated rings. The average molecular weight is 354 g/mol. The molecule has 1 heterocycles. The zero-order valence-corrected chi connectivity index (χ0v) is 14.3. The molecule has 26 heavy (non-hydrogen) atoms. The minimum Gasteiger partial charge on any atom is -0.508 e. The normalized spacial score (nSPS) is 22.7. The van der Waals surface area contributed by atoms with Crippen LogP contribution in [0.3, 0.4) is 0 Å². The molecular weight excluding hydrogens is 332 g/mol. The van der Waals surface area contributed by atoms with Crippen LogP contribution in [0.1, 0.15) is 11.1 Å². The molecule has 0 bridgehead atoms. The number of rotatable bonds is 6. The lowest BCUT2D eigenvalue weighted by Crippen LogP contribution is -2.65. The third-order valence-corrected chi connectivity index (χ3v) is 4.68. The Balaban J connectivity index is 1.68. The highest BCUT2D eigenvalue weighted by Gasteiger charge is 2.34. The van der Waals surface area contributed by atoms with E-state index in [1.807, 2.05) is 24.3 Å². The van der Waals surface area contributed by atoms with Gasteiger partial charge in [-0.1, -0.05) is 24.3 Å². The Kier molecular flexibility index (Phi) is 5.65. The molecule has 136 valence electrons. The summed E-state index contributed by atoms with van der Waals surface area (Å²) >= 11 is 0. The van der Waals surface area contributed by atoms with Gasteiger partial charge in [0.05, 0.1) is 6.04 Å². The maximum Gasteiger partial charge on any atom is 0.213 e. The molecule has 0 radical (unpaired) electrons. The Morgan fingerprint density at radius 1 is 0.962 bits per heavy atom. The van der Waals surface area contributed by atoms with Crippen LogP contribution in [0.2, 0.25) is 0 Å². The van der Waals surface area contributed by atoms with Crippen molar-refractivity contribution in [3.63, 3.8) is 0 Å². The van der Waals surface area contributed by atoms with E-state index in [0.29, 0.717) is 25.7 Å². The van der Waals surface area contributed by atoms with E-state index < -0.39 is 11.8 Å². The van der Waals surface area contributed by atoms with Gasteiger partial charge >= 0.3 is 0 Å². The average Bonchev–Trinajstić information content (AvgIpc) is 2.66. The van der Waals surface area contributed by atoms with Gasteiger partial charge in [0.2, 0.25) is 5.78 Å². The first-order valence-electron chi connectivity index (χ1n) is 8.59. The number of nitrogens with one attached hydrogen (secondary N) is 2. The zero-order chi connectivity index (χ0) is 18.5. The van der Waals surface area contributed by atoms with Crippen molar-refractivity contribution < 1.29 is 19.8 Å². The van der Waals surface area contributed by atoms with Gasteiger partial charge in [0, 0.05) is 18.6 Å². The fraction of sp³-hybridized carbons (Fsp3) is 0.300. The van der Waals surface area contributed by atoms with Gasteiger partial charge in [-0.05, 0) is 48.2 Å². The molecule has 4 N–H and O–H groups in total. The largest absolute Gasteiger partial charge is 0.508 e. The fourth-order valence-corrected chi connectivity index (χ4v) is 3.32. The van der Waals surface area contributed by atoms with Gasteiger partial charge in [-0.15, -0.1) is 0 Å². The molecule has 6 heteroatoms. The van der Waals surface area contributed by atoms with Crippen LogP contribution in [0.25, 0.3) is 0 Å². The van der Waals surface area contributed by atoms with Crippen molar-refractivity contribution >= 4 is 12.1 Å². The van der Waals surface area contributed by atoms with Gasteiger partial charge in [-0.25, -0.2) is 0 Å². The van der Waals surface area contributed by atoms with Crippen LogP contribution in [0, 0.1) is 0 Å². The number of aldehydes is 1. The first kappa shape index (κ1) is 18.1. The van der Waals surface area contributed by atoms with Crippen LogP contribution in [0.5, 0.6) is 11.5 Å². The first-order valence-corrected chi connectivity index (χ1v) is 8.59. The lowest BCUT2D eigenvalue weighted by atomic mass is 9.91. The fourth-order valence-electron chi connectivity index (χ4n) is 3.32. The monoisotopic (exact) mass is 354 g/mol. The van der Waals surface area contributed by atoms with E-state index in [1.54, 1.807) is 24.3 Å². The van der Waals surface area contributed by atoms with Crippen LogP contribution < -0.4 is 10.6 Å². The minimum atomic E-state index is -0.600. The Bertz CT molecular complexity index is 758. The van der Waals surface area contributed by atoms with Crippen molar-refractivity contribution in [1.29, 1.82) is 0 Å². The predicted octanol–water partition coefficient (Wildman–Crippen LogP) is 0.950. The second kappa shape index (κ2) is 8.12. The van der Waals surface area contributed by atoms with Gasteiger partial charge in [0.15, 0.2) is 6.29 Å². The number of benzene rings is 2. The maximum absolute atomic E-state index is 12.1. The van der Waals surface area contributed by atoms with Crippen molar-refractivity contribution in [1.82, 2.24) is 10.6 Å². The smallest absolute Gasteiger partial charge is 0.213 e. The van der Waals surface area contributed by atoms with Gasteiger partial charge in [0.1, 0.15) is 11.5 Å². The van der Waals surface area contributed by atoms with E-state index in [1.165, 1.54) is 0 Å². The molecule has 0 aromatic heterocycles.